The average Bonchev–Trinajstić information content (AvgIpc) is 4.00. The maximum Gasteiger partial charge on any atom is 0.137 e. The average molecular weight is 964 g/mol. The molecule has 362 valence electrons. The summed E-state index contributed by atoms with van der Waals surface area (Å²) in [6.07, 6.45) is 2.00. The van der Waals surface area contributed by atoms with Crippen LogP contribution in [-0.4, -0.2) is 16.2 Å². The monoisotopic (exact) mass is 963 g/mol. The molecule has 0 N–H and O–H groups in total. The summed E-state index contributed by atoms with van der Waals surface area (Å²) in [5.74, 6) is 1.48. The van der Waals surface area contributed by atoms with Crippen LogP contribution in [0.5, 0.6) is 11.5 Å². The van der Waals surface area contributed by atoms with E-state index < -0.39 is 0 Å². The van der Waals surface area contributed by atoms with Gasteiger partial charge >= 0.3 is 0 Å². The highest BCUT2D eigenvalue weighted by atomic mass is 16.5. The summed E-state index contributed by atoms with van der Waals surface area (Å²) in [6, 6.07) is 69.5. The van der Waals surface area contributed by atoms with Gasteiger partial charge in [0, 0.05) is 51.5 Å². The highest BCUT2D eigenvalue weighted by Crippen LogP contribution is 2.51. The van der Waals surface area contributed by atoms with E-state index in [0.29, 0.717) is 18.1 Å². The normalized spacial score (nSPS) is 13.3. The number of rotatable bonds is 9. The van der Waals surface area contributed by atoms with E-state index in [-0.39, 0.29) is 34.7 Å². The van der Waals surface area contributed by atoms with Gasteiger partial charge in [0.05, 0.1) is 32.2 Å². The van der Waals surface area contributed by atoms with E-state index in [2.05, 4.69) is 233 Å². The van der Waals surface area contributed by atoms with Gasteiger partial charge in [0.25, 0.3) is 0 Å². The first-order valence-corrected chi connectivity index (χ1v) is 25.5. The van der Waals surface area contributed by atoms with Crippen LogP contribution in [0.15, 0.2) is 225 Å². The molecule has 0 atom stereocenters. The van der Waals surface area contributed by atoms with Crippen molar-refractivity contribution in [3.05, 3.63) is 241 Å². The number of hydrogen-bond donors (Lipinski definition) is 0. The molecule has 0 fully saturated rings. The second kappa shape index (κ2) is 18.4. The number of aryl methyl sites for hydroxylation is 1. The number of aromatic nitrogens is 2. The number of hydrogen-bond acceptors (Lipinski definition) is 4. The molecule has 0 amide bonds. The van der Waals surface area contributed by atoms with Crippen LogP contribution in [0.3, 0.4) is 0 Å². The summed E-state index contributed by atoms with van der Waals surface area (Å²) in [4.78, 5) is 9.58. The van der Waals surface area contributed by atoms with Crippen LogP contribution in [0, 0.1) is 6.92 Å². The van der Waals surface area contributed by atoms with Crippen molar-refractivity contribution in [2.45, 2.75) is 59.3 Å². The Morgan fingerprint density at radius 1 is 0.486 bits per heavy atom. The fourth-order valence-electron chi connectivity index (χ4n) is 10.6. The number of anilines is 4. The zero-order valence-corrected chi connectivity index (χ0v) is 43.0. The Morgan fingerprint density at radius 2 is 1.12 bits per heavy atom. The molecule has 2 aromatic heterocycles. The van der Waals surface area contributed by atoms with E-state index in [1.807, 2.05) is 30.5 Å². The molecule has 0 bridgehead atoms. The van der Waals surface area contributed by atoms with Gasteiger partial charge in [0.15, 0.2) is 0 Å². The van der Waals surface area contributed by atoms with Crippen LogP contribution >= 0.6 is 0 Å². The van der Waals surface area contributed by atoms with Crippen LogP contribution in [0.25, 0.3) is 72.1 Å². The van der Waals surface area contributed by atoms with E-state index >= 15 is 0 Å². The Balaban J connectivity index is 0.961. The van der Waals surface area contributed by atoms with Crippen molar-refractivity contribution >= 4 is 44.6 Å². The molecule has 0 saturated heterocycles. The van der Waals surface area contributed by atoms with Crippen molar-refractivity contribution < 1.29 is 8.85 Å². The van der Waals surface area contributed by atoms with Crippen molar-refractivity contribution in [2.75, 3.05) is 16.5 Å². The minimum atomic E-state index is -0.214. The molecule has 5 heteroatoms. The SMILES string of the molecule is [2H]c1c(Oc2ccc3c4ccccc4n(-c4cc(C(C)(C)C)c(-c5ccc(C)cc5)cn4)c3c2)cc(N2CN(c3c(-c4ccc(C(C)(C)C)cc4)cccc3-c3cccc(-c4ccccc4)c3)c3ccccc32)c([2H])c1[2H]. The summed E-state index contributed by atoms with van der Waals surface area (Å²) >= 11 is 0. The van der Waals surface area contributed by atoms with Crippen molar-refractivity contribution in [3.63, 3.8) is 0 Å². The van der Waals surface area contributed by atoms with Crippen molar-refractivity contribution in [3.8, 4) is 61.8 Å². The third-order valence-corrected chi connectivity index (χ3v) is 14.5. The van der Waals surface area contributed by atoms with E-state index in [1.54, 1.807) is 6.07 Å². The summed E-state index contributed by atoms with van der Waals surface area (Å²) in [5, 5.41) is 2.12. The van der Waals surface area contributed by atoms with Crippen LogP contribution in [0.1, 0.15) is 62.3 Å². The molecule has 74 heavy (non-hydrogen) atoms. The standard InChI is InChI=1S/C69H60N4O/c1-46-30-32-49(33-31-46)60-44-70-66(43-61(60)69(5,6)7)73-62-27-12-11-24-58(62)59-39-38-55(42-65(59)73)74-54-23-16-22-53(41-54)71-45-72(64-29-14-13-28-63(64)71)67-56(48-34-36-52(37-35-48)68(2,3)4)25-17-26-57(67)51-21-15-20-50(40-51)47-18-9-8-10-19-47/h8-44H,45H2,1-7H3/i16D,22D,23D. The lowest BCUT2D eigenvalue weighted by molar-refractivity contribution is 0.483. The van der Waals surface area contributed by atoms with E-state index in [4.69, 9.17) is 9.72 Å². The van der Waals surface area contributed by atoms with Gasteiger partial charge in [-0.2, -0.15) is 0 Å². The zero-order valence-electron chi connectivity index (χ0n) is 46.0. The second-order valence-corrected chi connectivity index (χ2v) is 21.6. The second-order valence-electron chi connectivity index (χ2n) is 21.6. The topological polar surface area (TPSA) is 33.5 Å². The van der Waals surface area contributed by atoms with Gasteiger partial charge in [0.2, 0.25) is 0 Å². The molecule has 12 rings (SSSR count). The maximum atomic E-state index is 9.52. The molecule has 9 aromatic carbocycles. The number of para-hydroxylation sites is 4. The third-order valence-electron chi connectivity index (χ3n) is 14.5. The summed E-state index contributed by atoms with van der Waals surface area (Å²) in [6.45, 7) is 15.9. The predicted molar refractivity (Wildman–Crippen MR) is 311 cm³/mol. The van der Waals surface area contributed by atoms with E-state index in [0.717, 1.165) is 89.2 Å². The number of nitrogens with zero attached hydrogens (tertiary/aromatic N) is 4. The Bertz CT molecular complexity index is 4060. The Labute approximate surface area is 439 Å². The molecule has 0 spiro atoms. The van der Waals surface area contributed by atoms with Crippen molar-refractivity contribution in [1.29, 1.82) is 0 Å². The quantitative estimate of drug-likeness (QED) is 0.144. The first-order chi connectivity index (χ1) is 37.1. The van der Waals surface area contributed by atoms with Gasteiger partial charge in [-0.15, -0.1) is 0 Å². The largest absolute Gasteiger partial charge is 0.457 e. The lowest BCUT2D eigenvalue weighted by Gasteiger charge is -2.28. The number of fused-ring (bicyclic) bond motifs is 4. The number of benzene rings is 9. The highest BCUT2D eigenvalue weighted by Gasteiger charge is 2.32. The van der Waals surface area contributed by atoms with Gasteiger partial charge in [-0.05, 0) is 111 Å². The van der Waals surface area contributed by atoms with E-state index in [1.165, 1.54) is 16.7 Å². The zero-order chi connectivity index (χ0) is 53.3. The summed E-state index contributed by atoms with van der Waals surface area (Å²) < 4.78 is 37.1. The molecule has 5 nitrogen and oxygen atoms in total. The molecule has 1 aliphatic heterocycles. The predicted octanol–water partition coefficient (Wildman–Crippen LogP) is 18.8. The van der Waals surface area contributed by atoms with Crippen molar-refractivity contribution in [1.82, 2.24) is 9.55 Å². The molecule has 0 unspecified atom stereocenters. The van der Waals surface area contributed by atoms with Crippen LogP contribution in [0.2, 0.25) is 0 Å². The Morgan fingerprint density at radius 3 is 1.88 bits per heavy atom. The lowest BCUT2D eigenvalue weighted by atomic mass is 9.82. The Kier molecular flexibility index (Phi) is 10.7. The molecule has 0 aliphatic carbocycles. The fraction of sp³-hybridized carbons (Fsp3) is 0.145. The van der Waals surface area contributed by atoms with Crippen LogP contribution in [0.4, 0.5) is 22.7 Å². The highest BCUT2D eigenvalue weighted by molar-refractivity contribution is 6.09. The summed E-state index contributed by atoms with van der Waals surface area (Å²) in [7, 11) is 0. The van der Waals surface area contributed by atoms with Crippen LogP contribution < -0.4 is 14.5 Å². The molecular formula is C69H60N4O. The van der Waals surface area contributed by atoms with Gasteiger partial charge in [-0.1, -0.05) is 199 Å². The molecular weight excluding hydrogens is 901 g/mol. The van der Waals surface area contributed by atoms with Gasteiger partial charge in [-0.25, -0.2) is 4.98 Å². The third kappa shape index (κ3) is 8.58. The molecule has 0 saturated carbocycles. The van der Waals surface area contributed by atoms with Gasteiger partial charge in [-0.3, -0.25) is 4.57 Å². The minimum Gasteiger partial charge on any atom is -0.457 e. The molecule has 3 heterocycles. The van der Waals surface area contributed by atoms with Gasteiger partial charge in [0.1, 0.15) is 24.0 Å². The first-order valence-electron chi connectivity index (χ1n) is 27.0. The number of pyridine rings is 1. The van der Waals surface area contributed by atoms with Crippen LogP contribution in [-0.2, 0) is 10.8 Å². The van der Waals surface area contributed by atoms with E-state index in [9.17, 15) is 4.11 Å². The number of ether oxygens (including phenoxy) is 1. The molecule has 0 radical (unpaired) electrons. The fourth-order valence-corrected chi connectivity index (χ4v) is 10.6. The van der Waals surface area contributed by atoms with Crippen molar-refractivity contribution in [2.24, 2.45) is 0 Å². The molecule has 1 aliphatic rings. The maximum absolute atomic E-state index is 9.52. The first kappa shape index (κ1) is 43.0. The Hall–Kier alpha value is -8.67. The summed E-state index contributed by atoms with van der Waals surface area (Å²) in [5.41, 5.74) is 17.5. The smallest absolute Gasteiger partial charge is 0.137 e. The van der Waals surface area contributed by atoms with Gasteiger partial charge < -0.3 is 14.5 Å². The lowest BCUT2D eigenvalue weighted by Crippen LogP contribution is -2.25. The minimum absolute atomic E-state index is 0.00657. The molecule has 11 aromatic rings.